The molecule has 3 aromatic rings. The largest absolute Gasteiger partial charge is 0.416 e. The summed E-state index contributed by atoms with van der Waals surface area (Å²) >= 11 is 0. The number of anilines is 3. The van der Waals surface area contributed by atoms with Crippen molar-refractivity contribution in [1.82, 2.24) is 9.97 Å². The van der Waals surface area contributed by atoms with E-state index in [0.29, 0.717) is 11.4 Å². The molecule has 0 unspecified atom stereocenters. The molecule has 0 aliphatic rings. The van der Waals surface area contributed by atoms with Crippen molar-refractivity contribution in [2.45, 2.75) is 6.18 Å². The minimum absolute atomic E-state index is 0.113. The fourth-order valence-electron chi connectivity index (χ4n) is 2.35. The van der Waals surface area contributed by atoms with Crippen LogP contribution in [0, 0.1) is 0 Å². The topological polar surface area (TPSA) is 58.1 Å². The Kier molecular flexibility index (Phi) is 5.07. The summed E-state index contributed by atoms with van der Waals surface area (Å²) in [5, 5.41) is 2.80. The summed E-state index contributed by atoms with van der Waals surface area (Å²) in [7, 11) is 1.63. The Labute approximate surface area is 153 Å². The third-order valence-corrected chi connectivity index (χ3v) is 3.79. The maximum absolute atomic E-state index is 12.6. The predicted molar refractivity (Wildman–Crippen MR) is 95.9 cm³/mol. The lowest BCUT2D eigenvalue weighted by Crippen LogP contribution is -2.27. The summed E-state index contributed by atoms with van der Waals surface area (Å²) in [6.45, 7) is 0. The third-order valence-electron chi connectivity index (χ3n) is 3.79. The fraction of sp³-hybridized carbons (Fsp3) is 0.105. The van der Waals surface area contributed by atoms with Crippen molar-refractivity contribution in [3.05, 3.63) is 78.1 Å². The molecule has 3 rings (SSSR count). The molecule has 0 aliphatic heterocycles. The van der Waals surface area contributed by atoms with Crippen LogP contribution in [-0.2, 0) is 6.18 Å². The highest BCUT2D eigenvalue weighted by atomic mass is 19.4. The maximum Gasteiger partial charge on any atom is 0.416 e. The highest BCUT2D eigenvalue weighted by Crippen LogP contribution is 2.30. The van der Waals surface area contributed by atoms with Crippen molar-refractivity contribution in [3.8, 4) is 0 Å². The normalized spacial score (nSPS) is 11.1. The second-order valence-corrected chi connectivity index (χ2v) is 5.67. The van der Waals surface area contributed by atoms with Gasteiger partial charge in [-0.05, 0) is 42.5 Å². The standard InChI is InChI=1S/C19H15F3N4O/c1-26(15-5-3-2-4-6-15)17(27)16-11-12-23-18(25-16)24-14-9-7-13(8-10-14)19(20,21)22/h2-12H,1H3,(H,23,24,25). The van der Waals surface area contributed by atoms with E-state index in [-0.39, 0.29) is 17.5 Å². The number of nitrogens with zero attached hydrogens (tertiary/aromatic N) is 3. The summed E-state index contributed by atoms with van der Waals surface area (Å²) in [5.41, 5.74) is 0.496. The zero-order chi connectivity index (χ0) is 19.4. The van der Waals surface area contributed by atoms with E-state index >= 15 is 0 Å². The molecule has 138 valence electrons. The van der Waals surface area contributed by atoms with Crippen molar-refractivity contribution in [1.29, 1.82) is 0 Å². The van der Waals surface area contributed by atoms with E-state index in [1.165, 1.54) is 29.3 Å². The van der Waals surface area contributed by atoms with Crippen LogP contribution in [0.25, 0.3) is 0 Å². The Hall–Kier alpha value is -3.42. The summed E-state index contributed by atoms with van der Waals surface area (Å²) in [6, 6.07) is 15.0. The number of aromatic nitrogens is 2. The highest BCUT2D eigenvalue weighted by Gasteiger charge is 2.29. The van der Waals surface area contributed by atoms with Gasteiger partial charge in [0.25, 0.3) is 5.91 Å². The van der Waals surface area contributed by atoms with Crippen molar-refractivity contribution in [2.75, 3.05) is 17.3 Å². The molecule has 0 fully saturated rings. The minimum Gasteiger partial charge on any atom is -0.324 e. The summed E-state index contributed by atoms with van der Waals surface area (Å²) < 4.78 is 37.8. The van der Waals surface area contributed by atoms with Gasteiger partial charge in [0.15, 0.2) is 0 Å². The molecule has 1 aromatic heterocycles. The Morgan fingerprint density at radius 1 is 1.00 bits per heavy atom. The molecule has 0 bridgehead atoms. The lowest BCUT2D eigenvalue weighted by atomic mass is 10.2. The Morgan fingerprint density at radius 3 is 2.30 bits per heavy atom. The van der Waals surface area contributed by atoms with E-state index in [4.69, 9.17) is 0 Å². The smallest absolute Gasteiger partial charge is 0.324 e. The maximum atomic E-state index is 12.6. The molecule has 0 spiro atoms. The number of benzene rings is 2. The van der Waals surface area contributed by atoms with Crippen LogP contribution < -0.4 is 10.2 Å². The molecule has 0 atom stereocenters. The minimum atomic E-state index is -4.40. The monoisotopic (exact) mass is 372 g/mol. The SMILES string of the molecule is CN(C(=O)c1ccnc(Nc2ccc(C(F)(F)F)cc2)n1)c1ccccc1. The van der Waals surface area contributed by atoms with Gasteiger partial charge in [-0.15, -0.1) is 0 Å². The van der Waals surface area contributed by atoms with E-state index in [9.17, 15) is 18.0 Å². The number of carbonyl (C=O) groups excluding carboxylic acids is 1. The average Bonchev–Trinajstić information content (AvgIpc) is 2.67. The summed E-state index contributed by atoms with van der Waals surface area (Å²) in [6.07, 6.45) is -2.99. The van der Waals surface area contributed by atoms with Crippen molar-refractivity contribution in [2.24, 2.45) is 0 Å². The van der Waals surface area contributed by atoms with E-state index in [2.05, 4.69) is 15.3 Å². The van der Waals surface area contributed by atoms with E-state index < -0.39 is 11.7 Å². The highest BCUT2D eigenvalue weighted by molar-refractivity contribution is 6.04. The lowest BCUT2D eigenvalue weighted by Gasteiger charge is -2.17. The number of hydrogen-bond acceptors (Lipinski definition) is 4. The first-order valence-corrected chi connectivity index (χ1v) is 7.95. The van der Waals surface area contributed by atoms with Gasteiger partial charge in [-0.25, -0.2) is 9.97 Å². The molecule has 0 saturated carbocycles. The Balaban J connectivity index is 1.76. The Bertz CT molecular complexity index is 928. The fourth-order valence-corrected chi connectivity index (χ4v) is 2.35. The van der Waals surface area contributed by atoms with Crippen LogP contribution >= 0.6 is 0 Å². The van der Waals surface area contributed by atoms with Gasteiger partial charge in [-0.3, -0.25) is 4.79 Å². The molecule has 1 N–H and O–H groups in total. The molecule has 0 saturated heterocycles. The quantitative estimate of drug-likeness (QED) is 0.732. The Morgan fingerprint density at radius 2 is 1.67 bits per heavy atom. The molecule has 1 amide bonds. The summed E-state index contributed by atoms with van der Waals surface area (Å²) in [4.78, 5) is 22.2. The number of carbonyl (C=O) groups is 1. The van der Waals surface area contributed by atoms with Gasteiger partial charge < -0.3 is 10.2 Å². The van der Waals surface area contributed by atoms with E-state index in [1.54, 1.807) is 19.2 Å². The first-order valence-electron chi connectivity index (χ1n) is 7.95. The molecule has 5 nitrogen and oxygen atoms in total. The van der Waals surface area contributed by atoms with Crippen LogP contribution in [0.15, 0.2) is 66.9 Å². The molecule has 8 heteroatoms. The number of para-hydroxylation sites is 1. The molecule has 27 heavy (non-hydrogen) atoms. The molecule has 0 aliphatic carbocycles. The van der Waals surface area contributed by atoms with Crippen LogP contribution in [0.4, 0.5) is 30.5 Å². The van der Waals surface area contributed by atoms with Crippen molar-refractivity contribution >= 4 is 23.2 Å². The lowest BCUT2D eigenvalue weighted by molar-refractivity contribution is -0.137. The number of hydrogen-bond donors (Lipinski definition) is 1. The van der Waals surface area contributed by atoms with E-state index in [0.717, 1.165) is 12.1 Å². The zero-order valence-electron chi connectivity index (χ0n) is 14.2. The van der Waals surface area contributed by atoms with Crippen LogP contribution in [0.2, 0.25) is 0 Å². The van der Waals surface area contributed by atoms with Gasteiger partial charge in [0.1, 0.15) is 5.69 Å². The predicted octanol–water partition coefficient (Wildman–Crippen LogP) is 4.52. The van der Waals surface area contributed by atoms with E-state index in [1.807, 2.05) is 18.2 Å². The van der Waals surface area contributed by atoms with Crippen molar-refractivity contribution < 1.29 is 18.0 Å². The van der Waals surface area contributed by atoms with Crippen LogP contribution in [0.5, 0.6) is 0 Å². The zero-order valence-corrected chi connectivity index (χ0v) is 14.2. The molecular weight excluding hydrogens is 357 g/mol. The molecule has 1 heterocycles. The number of amides is 1. The van der Waals surface area contributed by atoms with Crippen LogP contribution in [0.1, 0.15) is 16.1 Å². The number of rotatable bonds is 4. The molecule has 0 radical (unpaired) electrons. The van der Waals surface area contributed by atoms with Crippen LogP contribution in [0.3, 0.4) is 0 Å². The second kappa shape index (κ2) is 7.45. The van der Waals surface area contributed by atoms with Gasteiger partial charge in [0, 0.05) is 24.6 Å². The summed E-state index contributed by atoms with van der Waals surface area (Å²) in [5.74, 6) is -0.221. The van der Waals surface area contributed by atoms with Gasteiger partial charge in [0.05, 0.1) is 5.56 Å². The van der Waals surface area contributed by atoms with Crippen LogP contribution in [-0.4, -0.2) is 22.9 Å². The molecule has 2 aromatic carbocycles. The van der Waals surface area contributed by atoms with Crippen molar-refractivity contribution in [3.63, 3.8) is 0 Å². The van der Waals surface area contributed by atoms with Gasteiger partial charge in [0.2, 0.25) is 5.95 Å². The molecular formula is C19H15F3N4O. The second-order valence-electron chi connectivity index (χ2n) is 5.67. The van der Waals surface area contributed by atoms with Gasteiger partial charge in [-0.1, -0.05) is 18.2 Å². The number of alkyl halides is 3. The van der Waals surface area contributed by atoms with Gasteiger partial charge in [-0.2, -0.15) is 13.2 Å². The average molecular weight is 372 g/mol. The number of halogens is 3. The number of nitrogens with one attached hydrogen (secondary N) is 1. The first kappa shape index (κ1) is 18.4. The van der Waals surface area contributed by atoms with Gasteiger partial charge >= 0.3 is 6.18 Å². The first-order chi connectivity index (χ1) is 12.8. The third kappa shape index (κ3) is 4.41.